The summed E-state index contributed by atoms with van der Waals surface area (Å²) in [6.45, 7) is -0.00552. The average molecular weight is 482 g/mol. The second kappa shape index (κ2) is 26.4. The van der Waals surface area contributed by atoms with Gasteiger partial charge in [0.1, 0.15) is 0 Å². The van der Waals surface area contributed by atoms with Crippen LogP contribution < -0.4 is 104 Å². The molecule has 0 spiro atoms. The minimum absolute atomic E-state index is 0. The third-order valence-electron chi connectivity index (χ3n) is 4.56. The molecule has 0 N–H and O–H groups in total. The number of hydrogen-bond acceptors (Lipinski definition) is 8. The van der Waals surface area contributed by atoms with E-state index in [0.717, 1.165) is 29.1 Å². The summed E-state index contributed by atoms with van der Waals surface area (Å²) in [7, 11) is 0. The van der Waals surface area contributed by atoms with Gasteiger partial charge in [-0.05, 0) is 6.42 Å². The van der Waals surface area contributed by atoms with E-state index in [4.69, 9.17) is 0 Å². The Bertz CT molecular complexity index is 509. The Balaban J connectivity index is -0.00000131. The van der Waals surface area contributed by atoms with E-state index in [1.165, 1.54) is 32.1 Å². The standard InChI is InChI=1S/C20H36N2O7.3Na/c1-2-3-4-5-6-7-8-9-10-11-17(23)22(16-20(28)29)13-12-21(14-18(24)25)15-19(26)27;;;/h2-16H2,1H3,(H,24,25)(H,26,27)(H,28,29);;;/q;3*+1/p-3. The fourth-order valence-electron chi connectivity index (χ4n) is 3.03. The molecule has 0 aromatic carbocycles. The van der Waals surface area contributed by atoms with E-state index >= 15 is 0 Å². The Hall–Kier alpha value is 0.840. The second-order valence-corrected chi connectivity index (χ2v) is 7.22. The van der Waals surface area contributed by atoms with Gasteiger partial charge in [-0.25, -0.2) is 0 Å². The van der Waals surface area contributed by atoms with E-state index in [-0.39, 0.29) is 114 Å². The van der Waals surface area contributed by atoms with Gasteiger partial charge in [-0.15, -0.1) is 0 Å². The summed E-state index contributed by atoms with van der Waals surface area (Å²) in [5, 5.41) is 32.3. The first-order chi connectivity index (χ1) is 13.8. The zero-order valence-electron chi connectivity index (χ0n) is 20.4. The molecule has 32 heavy (non-hydrogen) atoms. The molecule has 0 rings (SSSR count). The fraction of sp³-hybridized carbons (Fsp3) is 0.800. The minimum atomic E-state index is -1.47. The van der Waals surface area contributed by atoms with Gasteiger partial charge in [-0.3, -0.25) is 9.69 Å². The van der Waals surface area contributed by atoms with Crippen LogP contribution in [0.2, 0.25) is 0 Å². The van der Waals surface area contributed by atoms with Crippen molar-refractivity contribution in [2.24, 2.45) is 0 Å². The molecule has 12 heteroatoms. The molecule has 0 aromatic rings. The van der Waals surface area contributed by atoms with Crippen molar-refractivity contribution in [3.8, 4) is 0 Å². The van der Waals surface area contributed by atoms with E-state index < -0.39 is 37.5 Å². The molecule has 0 heterocycles. The third-order valence-corrected chi connectivity index (χ3v) is 4.56. The topological polar surface area (TPSA) is 144 Å². The molecule has 0 aliphatic rings. The van der Waals surface area contributed by atoms with E-state index in [1.807, 2.05) is 0 Å². The van der Waals surface area contributed by atoms with Gasteiger partial charge in [0.05, 0.1) is 24.5 Å². The summed E-state index contributed by atoms with van der Waals surface area (Å²) in [4.78, 5) is 46.7. The van der Waals surface area contributed by atoms with Crippen molar-refractivity contribution < 1.29 is 123 Å². The van der Waals surface area contributed by atoms with Crippen LogP contribution in [-0.4, -0.2) is 66.3 Å². The maximum atomic E-state index is 12.3. The van der Waals surface area contributed by atoms with Crippen LogP contribution in [0, 0.1) is 0 Å². The zero-order chi connectivity index (χ0) is 22.1. The Kier molecular flexibility index (Phi) is 33.1. The van der Waals surface area contributed by atoms with Crippen LogP contribution >= 0.6 is 0 Å². The van der Waals surface area contributed by atoms with Crippen molar-refractivity contribution in [3.63, 3.8) is 0 Å². The third kappa shape index (κ3) is 25.5. The Morgan fingerprint density at radius 2 is 1.00 bits per heavy atom. The first kappa shape index (κ1) is 40.0. The normalized spacial score (nSPS) is 9.81. The van der Waals surface area contributed by atoms with Crippen molar-refractivity contribution in [2.45, 2.75) is 71.1 Å². The number of carboxylic acid groups (broad SMARTS) is 3. The quantitative estimate of drug-likeness (QED) is 0.130. The molecule has 1 amide bonds. The van der Waals surface area contributed by atoms with Crippen LogP contribution in [0.1, 0.15) is 71.1 Å². The van der Waals surface area contributed by atoms with Gasteiger partial charge in [0.15, 0.2) is 0 Å². The first-order valence-corrected chi connectivity index (χ1v) is 10.4. The number of amides is 1. The van der Waals surface area contributed by atoms with Crippen LogP contribution in [-0.2, 0) is 19.2 Å². The molecule has 168 valence electrons. The monoisotopic (exact) mass is 482 g/mol. The van der Waals surface area contributed by atoms with Crippen LogP contribution in [0.3, 0.4) is 0 Å². The number of carboxylic acids is 3. The Morgan fingerprint density at radius 3 is 1.41 bits per heavy atom. The second-order valence-electron chi connectivity index (χ2n) is 7.22. The predicted molar refractivity (Wildman–Crippen MR) is 99.9 cm³/mol. The van der Waals surface area contributed by atoms with Gasteiger partial charge >= 0.3 is 88.7 Å². The summed E-state index contributed by atoms with van der Waals surface area (Å²) in [6.07, 6.45) is 9.95. The molecule has 0 aliphatic carbocycles. The number of aliphatic carboxylic acids is 3. The number of carbonyl (C=O) groups is 4. The molecular formula is C20H33N2Na3O7. The molecule has 0 bridgehead atoms. The van der Waals surface area contributed by atoms with Crippen LogP contribution in [0.25, 0.3) is 0 Å². The molecule has 0 saturated carbocycles. The first-order valence-electron chi connectivity index (χ1n) is 10.4. The number of carbonyl (C=O) groups excluding carboxylic acids is 4. The number of rotatable bonds is 19. The van der Waals surface area contributed by atoms with Crippen LogP contribution in [0.5, 0.6) is 0 Å². The molecule has 0 aliphatic heterocycles. The fourth-order valence-corrected chi connectivity index (χ4v) is 3.03. The maximum absolute atomic E-state index is 12.3. The van der Waals surface area contributed by atoms with Crippen molar-refractivity contribution in [1.29, 1.82) is 0 Å². The largest absolute Gasteiger partial charge is 1.00 e. The van der Waals surface area contributed by atoms with E-state index in [0.29, 0.717) is 6.42 Å². The van der Waals surface area contributed by atoms with Gasteiger partial charge in [0.2, 0.25) is 5.91 Å². The van der Waals surface area contributed by atoms with E-state index in [1.54, 1.807) is 0 Å². The Morgan fingerprint density at radius 1 is 0.594 bits per heavy atom. The number of unbranched alkanes of at least 4 members (excludes halogenated alkanes) is 8. The summed E-state index contributed by atoms with van der Waals surface area (Å²) in [5.74, 6) is -4.76. The molecule has 0 unspecified atom stereocenters. The summed E-state index contributed by atoms with van der Waals surface area (Å²) in [5.41, 5.74) is 0. The molecule has 0 radical (unpaired) electrons. The van der Waals surface area contributed by atoms with Crippen molar-refractivity contribution in [3.05, 3.63) is 0 Å². The minimum Gasteiger partial charge on any atom is -0.549 e. The van der Waals surface area contributed by atoms with Gasteiger partial charge in [-0.1, -0.05) is 58.3 Å². The summed E-state index contributed by atoms with van der Waals surface area (Å²) < 4.78 is 0. The molecular weight excluding hydrogens is 449 g/mol. The van der Waals surface area contributed by atoms with Gasteiger partial charge in [0, 0.05) is 32.6 Å². The predicted octanol–water partition coefficient (Wildman–Crippen LogP) is -10.7. The van der Waals surface area contributed by atoms with Crippen molar-refractivity contribution >= 4 is 23.8 Å². The van der Waals surface area contributed by atoms with Crippen LogP contribution in [0.4, 0.5) is 0 Å². The smallest absolute Gasteiger partial charge is 0.549 e. The number of hydrogen-bond donors (Lipinski definition) is 0. The Labute approximate surface area is 257 Å². The van der Waals surface area contributed by atoms with E-state index in [2.05, 4.69) is 6.92 Å². The molecule has 9 nitrogen and oxygen atoms in total. The van der Waals surface area contributed by atoms with Gasteiger partial charge in [-0.2, -0.15) is 0 Å². The van der Waals surface area contributed by atoms with E-state index in [9.17, 15) is 34.5 Å². The zero-order valence-corrected chi connectivity index (χ0v) is 26.4. The number of nitrogens with zero attached hydrogens (tertiary/aromatic N) is 2. The van der Waals surface area contributed by atoms with Gasteiger partial charge < -0.3 is 34.6 Å². The van der Waals surface area contributed by atoms with Crippen molar-refractivity contribution in [2.75, 3.05) is 32.7 Å². The molecule has 0 saturated heterocycles. The maximum Gasteiger partial charge on any atom is 1.00 e. The van der Waals surface area contributed by atoms with Crippen molar-refractivity contribution in [1.82, 2.24) is 9.80 Å². The average Bonchev–Trinajstić information content (AvgIpc) is 2.62. The molecule has 0 atom stereocenters. The summed E-state index contributed by atoms with van der Waals surface area (Å²) >= 11 is 0. The van der Waals surface area contributed by atoms with Crippen LogP contribution in [0.15, 0.2) is 0 Å². The molecule has 0 aromatic heterocycles. The molecule has 0 fully saturated rings. The summed E-state index contributed by atoms with van der Waals surface area (Å²) in [6, 6.07) is 0. The SMILES string of the molecule is CCCCCCCCCCCC(=O)N(CCN(CC(=O)[O-])CC(=O)[O-])CC(=O)[O-].[Na+].[Na+].[Na+]. The van der Waals surface area contributed by atoms with Gasteiger partial charge in [0.25, 0.3) is 0 Å².